The van der Waals surface area contributed by atoms with Gasteiger partial charge in [-0.15, -0.1) is 11.3 Å². The molecule has 0 aliphatic carbocycles. The van der Waals surface area contributed by atoms with E-state index >= 15 is 0 Å². The van der Waals surface area contributed by atoms with Crippen molar-refractivity contribution in [2.45, 2.75) is 26.0 Å². The Morgan fingerprint density at radius 2 is 2.36 bits per heavy atom. The van der Waals surface area contributed by atoms with Crippen LogP contribution < -0.4 is 5.32 Å². The molecule has 0 bridgehead atoms. The number of halogens is 2. The van der Waals surface area contributed by atoms with Crippen LogP contribution in [0, 0.1) is 6.92 Å². The van der Waals surface area contributed by atoms with Crippen molar-refractivity contribution in [3.8, 4) is 0 Å². The number of aliphatic hydroxyl groups excluding tert-OH is 1. The van der Waals surface area contributed by atoms with Crippen molar-refractivity contribution in [2.24, 2.45) is 0 Å². The second-order valence-electron chi connectivity index (χ2n) is 2.89. The van der Waals surface area contributed by atoms with E-state index in [-0.39, 0.29) is 6.54 Å². The van der Waals surface area contributed by atoms with Crippen molar-refractivity contribution < 1.29 is 13.9 Å². The van der Waals surface area contributed by atoms with Crippen LogP contribution in [-0.4, -0.2) is 29.2 Å². The third-order valence-corrected chi connectivity index (χ3v) is 2.71. The highest BCUT2D eigenvalue weighted by Crippen LogP contribution is 2.11. The van der Waals surface area contributed by atoms with Crippen molar-refractivity contribution in [2.75, 3.05) is 6.54 Å². The predicted octanol–water partition coefficient (Wildman–Crippen LogP) is 1.17. The highest BCUT2D eigenvalue weighted by atomic mass is 32.1. The quantitative estimate of drug-likeness (QED) is 0.786. The molecule has 80 valence electrons. The van der Waals surface area contributed by atoms with Gasteiger partial charge in [0.1, 0.15) is 6.10 Å². The average molecular weight is 222 g/mol. The van der Waals surface area contributed by atoms with Gasteiger partial charge in [0, 0.05) is 18.0 Å². The van der Waals surface area contributed by atoms with Crippen LogP contribution >= 0.6 is 11.3 Å². The van der Waals surface area contributed by atoms with E-state index in [0.29, 0.717) is 6.54 Å². The molecule has 0 aliphatic heterocycles. The van der Waals surface area contributed by atoms with E-state index in [1.807, 2.05) is 6.92 Å². The lowest BCUT2D eigenvalue weighted by molar-refractivity contribution is -0.00338. The molecule has 0 radical (unpaired) electrons. The molecule has 0 saturated carbocycles. The Morgan fingerprint density at radius 1 is 1.64 bits per heavy atom. The topological polar surface area (TPSA) is 45.2 Å². The van der Waals surface area contributed by atoms with Crippen molar-refractivity contribution in [3.05, 3.63) is 16.1 Å². The molecule has 1 heterocycles. The maximum atomic E-state index is 11.9. The fraction of sp³-hybridized carbons (Fsp3) is 0.625. The molecule has 3 nitrogen and oxygen atoms in total. The molecule has 0 aromatic carbocycles. The second-order valence-corrected chi connectivity index (χ2v) is 3.83. The first-order chi connectivity index (χ1) is 6.61. The molecule has 2 N–H and O–H groups in total. The standard InChI is InChI=1S/C8H12F2N2OS/c1-5-7(14-4-12-5)3-11-2-6(13)8(9)10/h4,6,8,11,13H,2-3H2,1H3. The number of aliphatic hydroxyl groups is 1. The third-order valence-electron chi connectivity index (χ3n) is 1.77. The smallest absolute Gasteiger partial charge is 0.265 e. The summed E-state index contributed by atoms with van der Waals surface area (Å²) in [5, 5.41) is 11.5. The minimum atomic E-state index is -2.69. The minimum absolute atomic E-state index is 0.102. The zero-order valence-electron chi connectivity index (χ0n) is 7.70. The number of rotatable bonds is 5. The highest BCUT2D eigenvalue weighted by molar-refractivity contribution is 7.09. The van der Waals surface area contributed by atoms with E-state index in [0.717, 1.165) is 10.6 Å². The zero-order chi connectivity index (χ0) is 10.6. The minimum Gasteiger partial charge on any atom is -0.386 e. The van der Waals surface area contributed by atoms with E-state index in [4.69, 9.17) is 5.11 Å². The first kappa shape index (κ1) is 11.5. The Hall–Kier alpha value is -0.590. The van der Waals surface area contributed by atoms with Gasteiger partial charge in [0.05, 0.1) is 11.2 Å². The number of aryl methyl sites for hydroxylation is 1. The molecular formula is C8H12F2N2OS. The fourth-order valence-corrected chi connectivity index (χ4v) is 1.67. The molecule has 0 fully saturated rings. The zero-order valence-corrected chi connectivity index (χ0v) is 8.52. The van der Waals surface area contributed by atoms with Gasteiger partial charge in [-0.25, -0.2) is 13.8 Å². The summed E-state index contributed by atoms with van der Waals surface area (Å²) < 4.78 is 23.7. The summed E-state index contributed by atoms with van der Waals surface area (Å²) in [5.41, 5.74) is 2.60. The molecule has 0 aliphatic rings. The van der Waals surface area contributed by atoms with E-state index in [2.05, 4.69) is 10.3 Å². The van der Waals surface area contributed by atoms with Crippen LogP contribution in [0.4, 0.5) is 8.78 Å². The molecular weight excluding hydrogens is 210 g/mol. The van der Waals surface area contributed by atoms with Gasteiger partial charge in [0.15, 0.2) is 0 Å². The Morgan fingerprint density at radius 3 is 2.86 bits per heavy atom. The second kappa shape index (κ2) is 5.33. The number of alkyl halides is 2. The van der Waals surface area contributed by atoms with Gasteiger partial charge < -0.3 is 10.4 Å². The lowest BCUT2D eigenvalue weighted by Gasteiger charge is -2.09. The molecule has 14 heavy (non-hydrogen) atoms. The van der Waals surface area contributed by atoms with Crippen molar-refractivity contribution in [3.63, 3.8) is 0 Å². The molecule has 1 atom stereocenters. The Balaban J connectivity index is 2.25. The van der Waals surface area contributed by atoms with Gasteiger partial charge in [-0.3, -0.25) is 0 Å². The van der Waals surface area contributed by atoms with Gasteiger partial charge in [-0.1, -0.05) is 0 Å². The van der Waals surface area contributed by atoms with Gasteiger partial charge in [-0.05, 0) is 6.92 Å². The third kappa shape index (κ3) is 3.28. The number of thiazole rings is 1. The molecule has 6 heteroatoms. The van der Waals surface area contributed by atoms with Crippen molar-refractivity contribution in [1.82, 2.24) is 10.3 Å². The molecule has 0 spiro atoms. The molecule has 0 saturated heterocycles. The van der Waals surface area contributed by atoms with Crippen LogP contribution in [0.3, 0.4) is 0 Å². The SMILES string of the molecule is Cc1ncsc1CNCC(O)C(F)F. The van der Waals surface area contributed by atoms with E-state index in [9.17, 15) is 8.78 Å². The van der Waals surface area contributed by atoms with Gasteiger partial charge in [0.25, 0.3) is 6.43 Å². The average Bonchev–Trinajstić information content (AvgIpc) is 2.51. The van der Waals surface area contributed by atoms with E-state index in [1.165, 1.54) is 11.3 Å². The highest BCUT2D eigenvalue weighted by Gasteiger charge is 2.15. The maximum Gasteiger partial charge on any atom is 0.265 e. The largest absolute Gasteiger partial charge is 0.386 e. The summed E-state index contributed by atoms with van der Waals surface area (Å²) in [7, 11) is 0. The monoisotopic (exact) mass is 222 g/mol. The first-order valence-corrected chi connectivity index (χ1v) is 5.05. The van der Waals surface area contributed by atoms with Crippen LogP contribution in [0.2, 0.25) is 0 Å². The number of nitrogens with zero attached hydrogens (tertiary/aromatic N) is 1. The number of nitrogens with one attached hydrogen (secondary N) is 1. The lowest BCUT2D eigenvalue weighted by Crippen LogP contribution is -2.31. The van der Waals surface area contributed by atoms with Crippen LogP contribution in [0.5, 0.6) is 0 Å². The van der Waals surface area contributed by atoms with Crippen molar-refractivity contribution in [1.29, 1.82) is 0 Å². The summed E-state index contributed by atoms with van der Waals surface area (Å²) >= 11 is 1.47. The van der Waals surface area contributed by atoms with Crippen LogP contribution in [0.1, 0.15) is 10.6 Å². The predicted molar refractivity (Wildman–Crippen MR) is 50.6 cm³/mol. The molecule has 1 aromatic rings. The summed E-state index contributed by atoms with van der Waals surface area (Å²) in [5.74, 6) is 0. The Bertz CT molecular complexity index is 280. The molecule has 1 aromatic heterocycles. The van der Waals surface area contributed by atoms with Gasteiger partial charge in [-0.2, -0.15) is 0 Å². The fourth-order valence-electron chi connectivity index (χ4n) is 0.919. The van der Waals surface area contributed by atoms with Crippen LogP contribution in [0.25, 0.3) is 0 Å². The number of hydrogen-bond donors (Lipinski definition) is 2. The normalized spacial score (nSPS) is 13.5. The summed E-state index contributed by atoms with van der Waals surface area (Å²) in [6, 6.07) is 0. The number of hydrogen-bond acceptors (Lipinski definition) is 4. The summed E-state index contributed by atoms with van der Waals surface area (Å²) in [6.45, 7) is 2.23. The Labute approximate surface area is 84.8 Å². The van der Waals surface area contributed by atoms with Crippen LogP contribution in [-0.2, 0) is 6.54 Å². The van der Waals surface area contributed by atoms with Gasteiger partial charge in [0.2, 0.25) is 0 Å². The van der Waals surface area contributed by atoms with Gasteiger partial charge >= 0.3 is 0 Å². The van der Waals surface area contributed by atoms with Crippen molar-refractivity contribution >= 4 is 11.3 Å². The first-order valence-electron chi connectivity index (χ1n) is 4.17. The summed E-state index contributed by atoms with van der Waals surface area (Å²) in [6.07, 6.45) is -4.28. The molecule has 1 rings (SSSR count). The molecule has 0 amide bonds. The van der Waals surface area contributed by atoms with Crippen LogP contribution in [0.15, 0.2) is 5.51 Å². The van der Waals surface area contributed by atoms with E-state index < -0.39 is 12.5 Å². The molecule has 1 unspecified atom stereocenters. The van der Waals surface area contributed by atoms with E-state index in [1.54, 1.807) is 5.51 Å². The Kier molecular flexibility index (Phi) is 4.37. The number of aromatic nitrogens is 1. The lowest BCUT2D eigenvalue weighted by atomic mass is 10.3. The summed E-state index contributed by atoms with van der Waals surface area (Å²) in [4.78, 5) is 5.02. The maximum absolute atomic E-state index is 11.9.